The SMILES string of the molecule is CC(C#N)S(=O)(=O)c1cc(Br)ccc1N. The first-order chi connectivity index (χ1) is 6.89. The molecule has 1 aromatic rings. The number of nitrogens with zero attached hydrogens (tertiary/aromatic N) is 1. The normalized spacial score (nSPS) is 13.1. The van der Waals surface area contributed by atoms with E-state index in [1.165, 1.54) is 19.1 Å². The lowest BCUT2D eigenvalue weighted by Gasteiger charge is -2.08. The van der Waals surface area contributed by atoms with Crippen molar-refractivity contribution < 1.29 is 8.42 Å². The van der Waals surface area contributed by atoms with Crippen molar-refractivity contribution in [2.45, 2.75) is 17.1 Å². The summed E-state index contributed by atoms with van der Waals surface area (Å²) in [5.41, 5.74) is 5.71. The molecule has 1 aromatic carbocycles. The van der Waals surface area contributed by atoms with Gasteiger partial charge < -0.3 is 5.73 Å². The molecule has 0 aromatic heterocycles. The van der Waals surface area contributed by atoms with Crippen LogP contribution in [0.3, 0.4) is 0 Å². The van der Waals surface area contributed by atoms with E-state index < -0.39 is 15.1 Å². The van der Waals surface area contributed by atoms with E-state index >= 15 is 0 Å². The van der Waals surface area contributed by atoms with Crippen LogP contribution in [0.2, 0.25) is 0 Å². The Bertz CT molecular complexity index is 519. The highest BCUT2D eigenvalue weighted by molar-refractivity contribution is 9.10. The molecule has 0 aliphatic carbocycles. The molecule has 0 radical (unpaired) electrons. The largest absolute Gasteiger partial charge is 0.398 e. The third-order valence-corrected chi connectivity index (χ3v) is 4.43. The molecular formula is C9H9BrN2O2S. The molecule has 0 spiro atoms. The van der Waals surface area contributed by atoms with Gasteiger partial charge in [-0.15, -0.1) is 0 Å². The second-order valence-electron chi connectivity index (χ2n) is 3.00. The molecular weight excluding hydrogens is 280 g/mol. The highest BCUT2D eigenvalue weighted by Gasteiger charge is 2.25. The van der Waals surface area contributed by atoms with E-state index in [0.717, 1.165) is 0 Å². The number of benzene rings is 1. The van der Waals surface area contributed by atoms with Gasteiger partial charge in [-0.1, -0.05) is 15.9 Å². The highest BCUT2D eigenvalue weighted by Crippen LogP contribution is 2.25. The number of hydrogen-bond donors (Lipinski definition) is 1. The molecule has 1 atom stereocenters. The number of anilines is 1. The van der Waals surface area contributed by atoms with Crippen molar-refractivity contribution in [3.05, 3.63) is 22.7 Å². The minimum atomic E-state index is -3.66. The van der Waals surface area contributed by atoms with Crippen molar-refractivity contribution in [1.82, 2.24) is 0 Å². The van der Waals surface area contributed by atoms with Gasteiger partial charge in [0.05, 0.1) is 16.7 Å². The molecule has 80 valence electrons. The van der Waals surface area contributed by atoms with E-state index in [1.54, 1.807) is 12.1 Å². The van der Waals surface area contributed by atoms with E-state index in [9.17, 15) is 8.42 Å². The molecule has 0 aliphatic rings. The van der Waals surface area contributed by atoms with E-state index in [0.29, 0.717) is 4.47 Å². The Morgan fingerprint density at radius 2 is 2.13 bits per heavy atom. The number of sulfone groups is 1. The van der Waals surface area contributed by atoms with E-state index in [2.05, 4.69) is 15.9 Å². The average molecular weight is 289 g/mol. The Balaban J connectivity index is 3.41. The van der Waals surface area contributed by atoms with E-state index in [1.807, 2.05) is 0 Å². The first-order valence-corrected chi connectivity index (χ1v) is 6.42. The van der Waals surface area contributed by atoms with Crippen molar-refractivity contribution in [3.63, 3.8) is 0 Å². The molecule has 0 saturated carbocycles. The van der Waals surface area contributed by atoms with Crippen LogP contribution < -0.4 is 5.73 Å². The molecule has 0 bridgehead atoms. The zero-order valence-corrected chi connectivity index (χ0v) is 10.3. The van der Waals surface area contributed by atoms with Crippen LogP contribution >= 0.6 is 15.9 Å². The minimum absolute atomic E-state index is 0.00840. The maximum absolute atomic E-state index is 11.8. The Kier molecular flexibility index (Phi) is 3.37. The predicted molar refractivity (Wildman–Crippen MR) is 60.8 cm³/mol. The van der Waals surface area contributed by atoms with Gasteiger partial charge in [0.15, 0.2) is 9.84 Å². The van der Waals surface area contributed by atoms with Crippen LogP contribution in [-0.4, -0.2) is 13.7 Å². The van der Waals surface area contributed by atoms with Crippen molar-refractivity contribution in [1.29, 1.82) is 5.26 Å². The van der Waals surface area contributed by atoms with Crippen LogP contribution in [0.15, 0.2) is 27.6 Å². The molecule has 6 heteroatoms. The number of halogens is 1. The lowest BCUT2D eigenvalue weighted by atomic mass is 10.3. The summed E-state index contributed by atoms with van der Waals surface area (Å²) >= 11 is 3.16. The van der Waals surface area contributed by atoms with Crippen molar-refractivity contribution in [3.8, 4) is 6.07 Å². The van der Waals surface area contributed by atoms with Crippen LogP contribution in [0.1, 0.15) is 6.92 Å². The summed E-state index contributed by atoms with van der Waals surface area (Å²) < 4.78 is 24.2. The number of rotatable bonds is 2. The number of nitrogens with two attached hydrogens (primary N) is 1. The summed E-state index contributed by atoms with van der Waals surface area (Å²) in [6.07, 6.45) is 0. The van der Waals surface area contributed by atoms with Gasteiger partial charge in [-0.25, -0.2) is 8.42 Å². The summed E-state index contributed by atoms with van der Waals surface area (Å²) in [4.78, 5) is -0.00840. The summed E-state index contributed by atoms with van der Waals surface area (Å²) in [6.45, 7) is 1.33. The molecule has 0 amide bonds. The molecule has 0 fully saturated rings. The Labute approximate surface area is 96.8 Å². The van der Waals surface area contributed by atoms with E-state index in [4.69, 9.17) is 11.0 Å². The summed E-state index contributed by atoms with van der Waals surface area (Å²) in [5, 5.41) is 7.51. The van der Waals surface area contributed by atoms with Crippen molar-refractivity contribution in [2.75, 3.05) is 5.73 Å². The highest BCUT2D eigenvalue weighted by atomic mass is 79.9. The molecule has 1 unspecified atom stereocenters. The molecule has 2 N–H and O–H groups in total. The quantitative estimate of drug-likeness (QED) is 0.840. The van der Waals surface area contributed by atoms with Gasteiger partial charge in [0.1, 0.15) is 5.25 Å². The zero-order chi connectivity index (χ0) is 11.6. The van der Waals surface area contributed by atoms with Crippen LogP contribution in [0.25, 0.3) is 0 Å². The van der Waals surface area contributed by atoms with Gasteiger partial charge in [-0.05, 0) is 25.1 Å². The first-order valence-electron chi connectivity index (χ1n) is 4.08. The fraction of sp³-hybridized carbons (Fsp3) is 0.222. The second kappa shape index (κ2) is 4.21. The molecule has 15 heavy (non-hydrogen) atoms. The Hall–Kier alpha value is -1.06. The molecule has 0 saturated heterocycles. The van der Waals surface area contributed by atoms with Crippen LogP contribution in [-0.2, 0) is 9.84 Å². The summed E-state index contributed by atoms with van der Waals surface area (Å²) in [6, 6.07) is 6.22. The smallest absolute Gasteiger partial charge is 0.196 e. The molecule has 0 aliphatic heterocycles. The minimum Gasteiger partial charge on any atom is -0.398 e. The molecule has 1 rings (SSSR count). The van der Waals surface area contributed by atoms with Gasteiger partial charge in [0.2, 0.25) is 0 Å². The molecule has 0 heterocycles. The summed E-state index contributed by atoms with van der Waals surface area (Å²) in [5.74, 6) is 0. The van der Waals surface area contributed by atoms with Gasteiger partial charge >= 0.3 is 0 Å². The van der Waals surface area contributed by atoms with Crippen molar-refractivity contribution >= 4 is 31.5 Å². The fourth-order valence-electron chi connectivity index (χ4n) is 1.01. The first kappa shape index (κ1) is 12.0. The van der Waals surface area contributed by atoms with Gasteiger partial charge in [0.25, 0.3) is 0 Å². The van der Waals surface area contributed by atoms with Crippen LogP contribution in [0.4, 0.5) is 5.69 Å². The van der Waals surface area contributed by atoms with Gasteiger partial charge in [-0.2, -0.15) is 5.26 Å². The summed E-state index contributed by atoms with van der Waals surface area (Å²) in [7, 11) is -3.66. The maximum atomic E-state index is 11.8. The van der Waals surface area contributed by atoms with Gasteiger partial charge in [-0.3, -0.25) is 0 Å². The van der Waals surface area contributed by atoms with E-state index in [-0.39, 0.29) is 10.6 Å². The second-order valence-corrected chi connectivity index (χ2v) is 6.15. The van der Waals surface area contributed by atoms with Crippen LogP contribution in [0, 0.1) is 11.3 Å². The number of hydrogen-bond acceptors (Lipinski definition) is 4. The molecule has 4 nitrogen and oxygen atoms in total. The predicted octanol–water partition coefficient (Wildman–Crippen LogP) is 1.72. The lowest BCUT2D eigenvalue weighted by molar-refractivity contribution is 0.592. The average Bonchev–Trinajstić information content (AvgIpc) is 2.20. The third kappa shape index (κ3) is 2.30. The Morgan fingerprint density at radius 3 is 2.67 bits per heavy atom. The monoisotopic (exact) mass is 288 g/mol. The lowest BCUT2D eigenvalue weighted by Crippen LogP contribution is -2.17. The van der Waals surface area contributed by atoms with Gasteiger partial charge in [0, 0.05) is 4.47 Å². The maximum Gasteiger partial charge on any atom is 0.196 e. The Morgan fingerprint density at radius 1 is 1.53 bits per heavy atom. The third-order valence-electron chi connectivity index (χ3n) is 1.93. The van der Waals surface area contributed by atoms with Crippen molar-refractivity contribution in [2.24, 2.45) is 0 Å². The number of nitriles is 1. The topological polar surface area (TPSA) is 84.0 Å². The zero-order valence-electron chi connectivity index (χ0n) is 7.94. The van der Waals surface area contributed by atoms with Crippen LogP contribution in [0.5, 0.6) is 0 Å². The number of nitrogen functional groups attached to an aromatic ring is 1. The standard InChI is InChI=1S/C9H9BrN2O2S/c1-6(5-11)15(13,14)9-4-7(10)2-3-8(9)12/h2-4,6H,12H2,1H3. The fourth-order valence-corrected chi connectivity index (χ4v) is 2.73.